The van der Waals surface area contributed by atoms with Gasteiger partial charge < -0.3 is 18.9 Å². The molecular formula is C45H34O9. The van der Waals surface area contributed by atoms with Crippen LogP contribution in [-0.4, -0.2) is 29.7 Å². The highest BCUT2D eigenvalue weighted by Gasteiger charge is 2.17. The third-order valence-corrected chi connectivity index (χ3v) is 7.10. The predicted octanol–water partition coefficient (Wildman–Crippen LogP) is 7.64. The first-order valence-corrected chi connectivity index (χ1v) is 16.2. The van der Waals surface area contributed by atoms with Crippen molar-refractivity contribution in [2.75, 3.05) is 0 Å². The molecule has 0 amide bonds. The molecule has 0 spiro atoms. The Bertz CT molecular complexity index is 2350. The van der Waals surface area contributed by atoms with E-state index >= 15 is 0 Å². The molecule has 0 saturated heterocycles. The standard InChI is InChI=1S/C45H34O9/c1-27(2)42(47)51-37-21-13-32(14-22-37)12-18-36-26-39(53-44(49)29(5)6)35(25-40(36)54-45(50)30(7)8)17-11-31-9-15-33(16-10-31)41(46)34-19-23-38(24-20-34)52-43(48)28(3)4/h9-10,13-16,19-26H,1,3,5,7H2,2,4,6,8H3. The number of ketones is 1. The molecule has 0 aliphatic heterocycles. The molecule has 9 nitrogen and oxygen atoms in total. The van der Waals surface area contributed by atoms with Crippen LogP contribution in [0.25, 0.3) is 0 Å². The Morgan fingerprint density at radius 1 is 0.426 bits per heavy atom. The second-order valence-electron chi connectivity index (χ2n) is 12.0. The van der Waals surface area contributed by atoms with E-state index in [2.05, 4.69) is 50.0 Å². The van der Waals surface area contributed by atoms with Crippen LogP contribution < -0.4 is 18.9 Å². The summed E-state index contributed by atoms with van der Waals surface area (Å²) in [6.45, 7) is 20.5. The molecule has 9 heteroatoms. The zero-order valence-corrected chi connectivity index (χ0v) is 30.1. The average molecular weight is 719 g/mol. The summed E-state index contributed by atoms with van der Waals surface area (Å²) in [5.41, 5.74) is 2.99. The van der Waals surface area contributed by atoms with Crippen molar-refractivity contribution in [3.05, 3.63) is 167 Å². The van der Waals surface area contributed by atoms with E-state index in [1.54, 1.807) is 60.7 Å². The first-order chi connectivity index (χ1) is 25.6. The van der Waals surface area contributed by atoms with E-state index in [-0.39, 0.29) is 56.5 Å². The maximum Gasteiger partial charge on any atom is 0.338 e. The lowest BCUT2D eigenvalue weighted by molar-refractivity contribution is -0.131. The Balaban J connectivity index is 1.67. The van der Waals surface area contributed by atoms with E-state index < -0.39 is 23.9 Å². The molecule has 0 atom stereocenters. The van der Waals surface area contributed by atoms with Gasteiger partial charge in [0.15, 0.2) is 5.78 Å². The number of rotatable bonds is 10. The molecule has 54 heavy (non-hydrogen) atoms. The summed E-state index contributed by atoms with van der Waals surface area (Å²) >= 11 is 0. The van der Waals surface area contributed by atoms with Crippen molar-refractivity contribution in [1.29, 1.82) is 0 Å². The molecule has 0 saturated carbocycles. The Morgan fingerprint density at radius 3 is 1.07 bits per heavy atom. The van der Waals surface area contributed by atoms with Gasteiger partial charge in [-0.25, -0.2) is 19.2 Å². The van der Waals surface area contributed by atoms with Crippen molar-refractivity contribution >= 4 is 29.7 Å². The third kappa shape index (κ3) is 10.8. The van der Waals surface area contributed by atoms with Gasteiger partial charge in [-0.15, -0.1) is 0 Å². The van der Waals surface area contributed by atoms with Gasteiger partial charge in [0.2, 0.25) is 0 Å². The lowest BCUT2D eigenvalue weighted by Gasteiger charge is -2.12. The molecule has 0 aliphatic rings. The summed E-state index contributed by atoms with van der Waals surface area (Å²) in [5, 5.41) is 0. The summed E-state index contributed by atoms with van der Waals surface area (Å²) < 4.78 is 21.6. The number of esters is 4. The normalized spacial score (nSPS) is 9.85. The van der Waals surface area contributed by atoms with E-state index in [1.807, 2.05) is 0 Å². The van der Waals surface area contributed by atoms with Crippen LogP contribution in [0, 0.1) is 23.7 Å². The Labute approximate surface area is 313 Å². The molecule has 0 fully saturated rings. The lowest BCUT2D eigenvalue weighted by Crippen LogP contribution is -2.12. The zero-order chi connectivity index (χ0) is 39.5. The molecule has 0 bridgehead atoms. The highest BCUT2D eigenvalue weighted by atomic mass is 16.5. The number of benzene rings is 4. The van der Waals surface area contributed by atoms with Crippen molar-refractivity contribution in [2.45, 2.75) is 27.7 Å². The molecule has 0 heterocycles. The quantitative estimate of drug-likeness (QED) is 0.0535. The molecule has 268 valence electrons. The van der Waals surface area contributed by atoms with Crippen LogP contribution in [0.1, 0.15) is 65.9 Å². The van der Waals surface area contributed by atoms with E-state index in [4.69, 9.17) is 18.9 Å². The van der Waals surface area contributed by atoms with Gasteiger partial charge in [0.25, 0.3) is 0 Å². The minimum absolute atomic E-state index is 0.0288. The summed E-state index contributed by atoms with van der Waals surface area (Å²) in [6.07, 6.45) is 0. The van der Waals surface area contributed by atoms with E-state index in [1.165, 1.54) is 52.0 Å². The van der Waals surface area contributed by atoms with Gasteiger partial charge in [-0.05, 0) is 100 Å². The van der Waals surface area contributed by atoms with Crippen LogP contribution in [-0.2, 0) is 19.2 Å². The maximum absolute atomic E-state index is 13.1. The van der Waals surface area contributed by atoms with E-state index in [0.29, 0.717) is 28.0 Å². The minimum Gasteiger partial charge on any atom is -0.423 e. The lowest BCUT2D eigenvalue weighted by atomic mass is 10.0. The fourth-order valence-electron chi connectivity index (χ4n) is 4.12. The number of carbonyl (C=O) groups is 5. The first-order valence-electron chi connectivity index (χ1n) is 16.2. The van der Waals surface area contributed by atoms with Crippen molar-refractivity contribution < 1.29 is 42.9 Å². The topological polar surface area (TPSA) is 122 Å². The second kappa shape index (κ2) is 17.6. The smallest absolute Gasteiger partial charge is 0.338 e. The predicted molar refractivity (Wildman–Crippen MR) is 203 cm³/mol. The number of hydrogen-bond acceptors (Lipinski definition) is 9. The highest BCUT2D eigenvalue weighted by Crippen LogP contribution is 2.30. The largest absolute Gasteiger partial charge is 0.423 e. The summed E-state index contributed by atoms with van der Waals surface area (Å²) in [6, 6.07) is 21.9. The van der Waals surface area contributed by atoms with Gasteiger partial charge in [0, 0.05) is 56.7 Å². The molecule has 0 aromatic heterocycles. The van der Waals surface area contributed by atoms with Crippen molar-refractivity contribution in [2.24, 2.45) is 0 Å². The van der Waals surface area contributed by atoms with Crippen LogP contribution in [0.15, 0.2) is 134 Å². The van der Waals surface area contributed by atoms with Gasteiger partial charge in [0.05, 0.1) is 11.1 Å². The van der Waals surface area contributed by atoms with Crippen LogP contribution in [0.4, 0.5) is 0 Å². The van der Waals surface area contributed by atoms with Crippen LogP contribution >= 0.6 is 0 Å². The van der Waals surface area contributed by atoms with Crippen molar-refractivity contribution in [3.63, 3.8) is 0 Å². The second-order valence-corrected chi connectivity index (χ2v) is 12.0. The fourth-order valence-corrected chi connectivity index (χ4v) is 4.12. The van der Waals surface area contributed by atoms with Gasteiger partial charge >= 0.3 is 23.9 Å². The Hall–Kier alpha value is -7.49. The molecule has 0 aliphatic carbocycles. The molecular weight excluding hydrogens is 684 g/mol. The van der Waals surface area contributed by atoms with E-state index in [0.717, 1.165) is 0 Å². The summed E-state index contributed by atoms with van der Waals surface area (Å²) in [5.74, 6) is 9.68. The molecule has 4 rings (SSSR count). The monoisotopic (exact) mass is 718 g/mol. The van der Waals surface area contributed by atoms with Gasteiger partial charge in [0.1, 0.15) is 23.0 Å². The SMILES string of the molecule is C=C(C)C(=O)Oc1ccc(C#Cc2cc(OC(=O)C(=C)C)c(C#Cc3ccc(C(=O)c4ccc(OC(=O)C(=C)C)cc4)cc3)cc2OC(=O)C(=C)C)cc1. The zero-order valence-electron chi connectivity index (χ0n) is 30.1. The maximum atomic E-state index is 13.1. The molecule has 0 radical (unpaired) electrons. The van der Waals surface area contributed by atoms with E-state index in [9.17, 15) is 24.0 Å². The summed E-state index contributed by atoms with van der Waals surface area (Å²) in [4.78, 5) is 62.0. The number of carbonyl (C=O) groups excluding carboxylic acids is 5. The van der Waals surface area contributed by atoms with Gasteiger partial charge in [-0.2, -0.15) is 0 Å². The first kappa shape index (κ1) is 39.3. The minimum atomic E-state index is -0.714. The molecule has 4 aromatic rings. The van der Waals surface area contributed by atoms with Gasteiger partial charge in [-0.1, -0.05) is 50.0 Å². The molecule has 0 unspecified atom stereocenters. The molecule has 0 N–H and O–H groups in total. The van der Waals surface area contributed by atoms with Crippen LogP contribution in [0.5, 0.6) is 23.0 Å². The summed E-state index contributed by atoms with van der Waals surface area (Å²) in [7, 11) is 0. The fraction of sp³-hybridized carbons (Fsp3) is 0.0889. The Kier molecular flexibility index (Phi) is 12.8. The van der Waals surface area contributed by atoms with Crippen LogP contribution in [0.3, 0.4) is 0 Å². The number of ether oxygens (including phenoxy) is 4. The molecule has 4 aromatic carbocycles. The van der Waals surface area contributed by atoms with Crippen molar-refractivity contribution in [1.82, 2.24) is 0 Å². The number of hydrogen-bond donors (Lipinski definition) is 0. The van der Waals surface area contributed by atoms with Crippen LogP contribution in [0.2, 0.25) is 0 Å². The third-order valence-electron chi connectivity index (χ3n) is 7.10. The Morgan fingerprint density at radius 2 is 0.722 bits per heavy atom. The average Bonchev–Trinajstić information content (AvgIpc) is 3.14. The van der Waals surface area contributed by atoms with Gasteiger partial charge in [-0.3, -0.25) is 4.79 Å². The highest BCUT2D eigenvalue weighted by molar-refractivity contribution is 6.09. The van der Waals surface area contributed by atoms with Crippen molar-refractivity contribution in [3.8, 4) is 46.7 Å².